The third kappa shape index (κ3) is 2.87. The van der Waals surface area contributed by atoms with Crippen LogP contribution in [0.4, 0.5) is 4.39 Å². The number of nitrogens with one attached hydrogen (secondary N) is 1. The Kier molecular flexibility index (Phi) is 3.77. The second kappa shape index (κ2) is 5.55. The van der Waals surface area contributed by atoms with Crippen molar-refractivity contribution in [2.24, 2.45) is 0 Å². The van der Waals surface area contributed by atoms with E-state index in [0.29, 0.717) is 6.04 Å². The highest BCUT2D eigenvalue weighted by Gasteiger charge is 2.23. The van der Waals surface area contributed by atoms with Gasteiger partial charge in [0.05, 0.1) is 0 Å². The molecule has 0 spiro atoms. The molecule has 0 aromatic heterocycles. The molecule has 0 radical (unpaired) electrons. The molecule has 0 bridgehead atoms. The standard InChI is InChI=1S/C17H17ClFN/c1-11(12-3-2-4-16(19)8-12)20-17-9-13-5-6-15(18)7-14(13)10-17/h2-8,11,17,20H,9-10H2,1H3. The van der Waals surface area contributed by atoms with E-state index in [9.17, 15) is 4.39 Å². The molecule has 104 valence electrons. The van der Waals surface area contributed by atoms with Gasteiger partial charge in [0, 0.05) is 17.1 Å². The van der Waals surface area contributed by atoms with Crippen molar-refractivity contribution in [2.75, 3.05) is 0 Å². The zero-order valence-corrected chi connectivity index (χ0v) is 12.1. The van der Waals surface area contributed by atoms with Gasteiger partial charge in [-0.2, -0.15) is 0 Å². The molecule has 0 heterocycles. The molecular weight excluding hydrogens is 273 g/mol. The second-order valence-electron chi connectivity index (χ2n) is 5.46. The highest BCUT2D eigenvalue weighted by atomic mass is 35.5. The second-order valence-corrected chi connectivity index (χ2v) is 5.90. The van der Waals surface area contributed by atoms with Gasteiger partial charge in [-0.3, -0.25) is 0 Å². The molecule has 2 aromatic rings. The van der Waals surface area contributed by atoms with Gasteiger partial charge in [0.25, 0.3) is 0 Å². The molecule has 0 aliphatic heterocycles. The van der Waals surface area contributed by atoms with Gasteiger partial charge in [0.15, 0.2) is 0 Å². The van der Waals surface area contributed by atoms with E-state index in [0.717, 1.165) is 23.4 Å². The third-order valence-corrected chi connectivity index (χ3v) is 4.17. The van der Waals surface area contributed by atoms with Crippen molar-refractivity contribution < 1.29 is 4.39 Å². The van der Waals surface area contributed by atoms with Gasteiger partial charge in [0.2, 0.25) is 0 Å². The van der Waals surface area contributed by atoms with Gasteiger partial charge >= 0.3 is 0 Å². The Morgan fingerprint density at radius 3 is 2.75 bits per heavy atom. The van der Waals surface area contributed by atoms with E-state index in [2.05, 4.69) is 18.3 Å². The summed E-state index contributed by atoms with van der Waals surface area (Å²) in [6, 6.07) is 13.4. The van der Waals surface area contributed by atoms with Crippen LogP contribution in [0.15, 0.2) is 42.5 Å². The molecule has 3 heteroatoms. The topological polar surface area (TPSA) is 12.0 Å². The first-order chi connectivity index (χ1) is 9.61. The van der Waals surface area contributed by atoms with Crippen LogP contribution in [0.1, 0.15) is 29.7 Å². The molecule has 1 aliphatic rings. The molecule has 1 aliphatic carbocycles. The fraction of sp³-hybridized carbons (Fsp3) is 0.294. The maximum atomic E-state index is 13.3. The summed E-state index contributed by atoms with van der Waals surface area (Å²) in [5, 5.41) is 4.37. The summed E-state index contributed by atoms with van der Waals surface area (Å²) in [4.78, 5) is 0. The summed E-state index contributed by atoms with van der Waals surface area (Å²) in [6.07, 6.45) is 1.99. The van der Waals surface area contributed by atoms with Crippen LogP contribution in [0.2, 0.25) is 5.02 Å². The van der Waals surface area contributed by atoms with Crippen molar-refractivity contribution in [1.82, 2.24) is 5.32 Å². The summed E-state index contributed by atoms with van der Waals surface area (Å²) in [5.41, 5.74) is 3.67. The summed E-state index contributed by atoms with van der Waals surface area (Å²) >= 11 is 6.03. The fourth-order valence-corrected chi connectivity index (χ4v) is 3.12. The SMILES string of the molecule is CC(NC1Cc2ccc(Cl)cc2C1)c1cccc(F)c1. The Balaban J connectivity index is 1.68. The number of hydrogen-bond acceptors (Lipinski definition) is 1. The van der Waals surface area contributed by atoms with E-state index < -0.39 is 0 Å². The van der Waals surface area contributed by atoms with Crippen molar-refractivity contribution in [3.05, 3.63) is 70.0 Å². The normalized spacial score (nSPS) is 18.9. The lowest BCUT2D eigenvalue weighted by atomic mass is 10.1. The van der Waals surface area contributed by atoms with E-state index in [-0.39, 0.29) is 11.9 Å². The smallest absolute Gasteiger partial charge is 0.123 e. The van der Waals surface area contributed by atoms with Crippen molar-refractivity contribution in [3.8, 4) is 0 Å². The minimum Gasteiger partial charge on any atom is -0.307 e. The predicted octanol–water partition coefficient (Wildman–Crippen LogP) is 4.30. The van der Waals surface area contributed by atoms with Gasteiger partial charge in [-0.25, -0.2) is 4.39 Å². The molecule has 2 unspecified atom stereocenters. The number of halogens is 2. The van der Waals surface area contributed by atoms with E-state index in [1.165, 1.54) is 17.2 Å². The molecule has 1 N–H and O–H groups in total. The van der Waals surface area contributed by atoms with Crippen molar-refractivity contribution >= 4 is 11.6 Å². The molecule has 0 amide bonds. The average Bonchev–Trinajstić information content (AvgIpc) is 2.80. The maximum absolute atomic E-state index is 13.3. The van der Waals surface area contributed by atoms with Gasteiger partial charge < -0.3 is 5.32 Å². The summed E-state index contributed by atoms with van der Waals surface area (Å²) < 4.78 is 13.3. The lowest BCUT2D eigenvalue weighted by Crippen LogP contribution is -2.32. The van der Waals surface area contributed by atoms with Gasteiger partial charge in [-0.15, -0.1) is 0 Å². The lowest BCUT2D eigenvalue weighted by Gasteiger charge is -2.19. The molecule has 0 saturated heterocycles. The number of benzene rings is 2. The van der Waals surface area contributed by atoms with Crippen LogP contribution in [-0.4, -0.2) is 6.04 Å². The molecule has 1 nitrogen and oxygen atoms in total. The highest BCUT2D eigenvalue weighted by Crippen LogP contribution is 2.27. The zero-order chi connectivity index (χ0) is 14.1. The minimum atomic E-state index is -0.183. The van der Waals surface area contributed by atoms with E-state index in [1.807, 2.05) is 18.2 Å². The van der Waals surface area contributed by atoms with Crippen LogP contribution in [-0.2, 0) is 12.8 Å². The predicted molar refractivity (Wildman–Crippen MR) is 80.6 cm³/mol. The van der Waals surface area contributed by atoms with Gasteiger partial charge in [0.1, 0.15) is 5.82 Å². The van der Waals surface area contributed by atoms with Crippen LogP contribution in [0, 0.1) is 5.82 Å². The average molecular weight is 290 g/mol. The number of rotatable bonds is 3. The molecule has 2 aromatic carbocycles. The van der Waals surface area contributed by atoms with Crippen molar-refractivity contribution in [1.29, 1.82) is 0 Å². The van der Waals surface area contributed by atoms with Crippen molar-refractivity contribution in [2.45, 2.75) is 31.8 Å². The molecule has 20 heavy (non-hydrogen) atoms. The number of hydrogen-bond donors (Lipinski definition) is 1. The Morgan fingerprint density at radius 1 is 1.15 bits per heavy atom. The zero-order valence-electron chi connectivity index (χ0n) is 11.4. The first-order valence-electron chi connectivity index (χ1n) is 6.90. The summed E-state index contributed by atoms with van der Waals surface area (Å²) in [6.45, 7) is 2.07. The van der Waals surface area contributed by atoms with E-state index >= 15 is 0 Å². The number of fused-ring (bicyclic) bond motifs is 1. The maximum Gasteiger partial charge on any atom is 0.123 e. The molecule has 0 fully saturated rings. The Labute approximate surface area is 123 Å². The Hall–Kier alpha value is -1.38. The Bertz CT molecular complexity index is 626. The fourth-order valence-electron chi connectivity index (χ4n) is 2.93. The largest absolute Gasteiger partial charge is 0.307 e. The van der Waals surface area contributed by atoms with E-state index in [4.69, 9.17) is 11.6 Å². The van der Waals surface area contributed by atoms with Crippen LogP contribution in [0.5, 0.6) is 0 Å². The van der Waals surface area contributed by atoms with Gasteiger partial charge in [-0.1, -0.05) is 29.8 Å². The Morgan fingerprint density at radius 2 is 1.95 bits per heavy atom. The molecule has 0 saturated carbocycles. The quantitative estimate of drug-likeness (QED) is 0.888. The van der Waals surface area contributed by atoms with Crippen LogP contribution < -0.4 is 5.32 Å². The molecule has 2 atom stereocenters. The van der Waals surface area contributed by atoms with E-state index in [1.54, 1.807) is 12.1 Å². The lowest BCUT2D eigenvalue weighted by molar-refractivity contribution is 0.465. The summed E-state index contributed by atoms with van der Waals surface area (Å²) in [5.74, 6) is -0.183. The van der Waals surface area contributed by atoms with Gasteiger partial charge in [-0.05, 0) is 60.7 Å². The van der Waals surface area contributed by atoms with Crippen molar-refractivity contribution in [3.63, 3.8) is 0 Å². The first kappa shape index (κ1) is 13.6. The van der Waals surface area contributed by atoms with Crippen LogP contribution >= 0.6 is 11.6 Å². The first-order valence-corrected chi connectivity index (χ1v) is 7.28. The van der Waals surface area contributed by atoms with Crippen LogP contribution in [0.3, 0.4) is 0 Å². The minimum absolute atomic E-state index is 0.139. The monoisotopic (exact) mass is 289 g/mol. The highest BCUT2D eigenvalue weighted by molar-refractivity contribution is 6.30. The van der Waals surface area contributed by atoms with Crippen LogP contribution in [0.25, 0.3) is 0 Å². The molecular formula is C17H17ClFN. The molecule has 3 rings (SSSR count). The third-order valence-electron chi connectivity index (χ3n) is 3.94. The summed E-state index contributed by atoms with van der Waals surface area (Å²) in [7, 11) is 0.